The highest BCUT2D eigenvalue weighted by molar-refractivity contribution is 6.16. The molecule has 0 aliphatic heterocycles. The maximum atomic E-state index is 6.01. The molecule has 2 aromatic heterocycles. The quantitative estimate of drug-likeness (QED) is 0.679. The first-order valence-corrected chi connectivity index (χ1v) is 7.17. The molecule has 0 aliphatic carbocycles. The van der Waals surface area contributed by atoms with Crippen molar-refractivity contribution in [1.82, 2.24) is 24.5 Å². The van der Waals surface area contributed by atoms with Crippen LogP contribution in [0.2, 0.25) is 0 Å². The van der Waals surface area contributed by atoms with Crippen LogP contribution in [0, 0.1) is 6.92 Å². The number of benzene rings is 1. The van der Waals surface area contributed by atoms with Gasteiger partial charge in [0.2, 0.25) is 0 Å². The average Bonchev–Trinajstić information content (AvgIpc) is 3.06. The van der Waals surface area contributed by atoms with Crippen molar-refractivity contribution < 1.29 is 0 Å². The van der Waals surface area contributed by atoms with Crippen LogP contribution in [0.4, 0.5) is 0 Å². The zero-order chi connectivity index (χ0) is 13.9. The predicted octanol–water partition coefficient (Wildman–Crippen LogP) is 2.77. The maximum absolute atomic E-state index is 6.01. The van der Waals surface area contributed by atoms with Gasteiger partial charge in [-0.15, -0.1) is 16.7 Å². The highest BCUT2D eigenvalue weighted by Gasteiger charge is 2.09. The lowest BCUT2D eigenvalue weighted by atomic mass is 10.2. The molecule has 0 bridgehead atoms. The summed E-state index contributed by atoms with van der Waals surface area (Å²) >= 11 is 6.01. The van der Waals surface area contributed by atoms with Gasteiger partial charge in [-0.1, -0.05) is 11.3 Å². The van der Waals surface area contributed by atoms with Gasteiger partial charge < -0.3 is 4.57 Å². The summed E-state index contributed by atoms with van der Waals surface area (Å²) in [7, 11) is 0. The monoisotopic (exact) mass is 289 g/mol. The highest BCUT2D eigenvalue weighted by atomic mass is 35.5. The molecule has 3 rings (SSSR count). The lowest BCUT2D eigenvalue weighted by molar-refractivity contribution is 0.514. The van der Waals surface area contributed by atoms with Gasteiger partial charge in [-0.2, -0.15) is 0 Å². The first kappa shape index (κ1) is 13.1. The standard InChI is InChI=1S/C14H16ClN5/c1-11-3-4-13-12(9-11)17-14(10-15)20(13)7-2-6-19-8-5-16-18-19/h3-5,8-9H,2,6-7,10H2,1H3. The van der Waals surface area contributed by atoms with Gasteiger partial charge in [-0.25, -0.2) is 4.98 Å². The average molecular weight is 290 g/mol. The summed E-state index contributed by atoms with van der Waals surface area (Å²) < 4.78 is 4.03. The van der Waals surface area contributed by atoms with Crippen LogP contribution in [0.25, 0.3) is 11.0 Å². The van der Waals surface area contributed by atoms with Crippen LogP contribution < -0.4 is 0 Å². The van der Waals surface area contributed by atoms with Gasteiger partial charge in [0, 0.05) is 19.3 Å². The number of rotatable bonds is 5. The smallest absolute Gasteiger partial charge is 0.124 e. The fourth-order valence-corrected chi connectivity index (χ4v) is 2.59. The first-order valence-electron chi connectivity index (χ1n) is 6.64. The Morgan fingerprint density at radius 1 is 1.25 bits per heavy atom. The molecule has 5 nitrogen and oxygen atoms in total. The van der Waals surface area contributed by atoms with E-state index in [0.29, 0.717) is 5.88 Å². The topological polar surface area (TPSA) is 48.5 Å². The Morgan fingerprint density at radius 2 is 2.15 bits per heavy atom. The van der Waals surface area contributed by atoms with Crippen LogP contribution in [0.1, 0.15) is 17.8 Å². The second-order valence-electron chi connectivity index (χ2n) is 4.83. The predicted molar refractivity (Wildman–Crippen MR) is 78.7 cm³/mol. The van der Waals surface area contributed by atoms with E-state index in [2.05, 4.69) is 45.0 Å². The summed E-state index contributed by atoms with van der Waals surface area (Å²) in [6.07, 6.45) is 4.53. The van der Waals surface area contributed by atoms with Crippen molar-refractivity contribution in [3.63, 3.8) is 0 Å². The Labute approximate surface area is 122 Å². The molecule has 0 fully saturated rings. The molecular weight excluding hydrogens is 274 g/mol. The van der Waals surface area contributed by atoms with Crippen LogP contribution in [0.5, 0.6) is 0 Å². The Balaban J connectivity index is 1.82. The van der Waals surface area contributed by atoms with E-state index in [4.69, 9.17) is 11.6 Å². The van der Waals surface area contributed by atoms with Crippen LogP contribution in [0.15, 0.2) is 30.6 Å². The fraction of sp³-hybridized carbons (Fsp3) is 0.357. The van der Waals surface area contributed by atoms with Crippen LogP contribution in [-0.4, -0.2) is 24.5 Å². The second-order valence-corrected chi connectivity index (χ2v) is 5.09. The number of aryl methyl sites for hydroxylation is 3. The Morgan fingerprint density at radius 3 is 2.90 bits per heavy atom. The van der Waals surface area contributed by atoms with E-state index in [1.807, 2.05) is 10.9 Å². The van der Waals surface area contributed by atoms with E-state index in [1.165, 1.54) is 5.56 Å². The lowest BCUT2D eigenvalue weighted by Crippen LogP contribution is -2.07. The molecule has 0 amide bonds. The van der Waals surface area contributed by atoms with E-state index in [-0.39, 0.29) is 0 Å². The van der Waals surface area contributed by atoms with E-state index < -0.39 is 0 Å². The van der Waals surface area contributed by atoms with Crippen molar-refractivity contribution in [2.45, 2.75) is 32.3 Å². The van der Waals surface area contributed by atoms with Gasteiger partial charge >= 0.3 is 0 Å². The molecule has 1 aromatic carbocycles. The molecule has 0 saturated heterocycles. The van der Waals surface area contributed by atoms with Crippen LogP contribution in [-0.2, 0) is 19.0 Å². The minimum absolute atomic E-state index is 0.428. The summed E-state index contributed by atoms with van der Waals surface area (Å²) in [5, 5.41) is 7.77. The van der Waals surface area contributed by atoms with Crippen molar-refractivity contribution in [3.05, 3.63) is 42.0 Å². The highest BCUT2D eigenvalue weighted by Crippen LogP contribution is 2.19. The molecule has 104 valence electrons. The molecule has 0 spiro atoms. The SMILES string of the molecule is Cc1ccc2c(c1)nc(CCl)n2CCCn1ccnn1. The molecule has 0 radical (unpaired) electrons. The number of alkyl halides is 1. The largest absolute Gasteiger partial charge is 0.327 e. The lowest BCUT2D eigenvalue weighted by Gasteiger charge is -2.07. The summed E-state index contributed by atoms with van der Waals surface area (Å²) in [6, 6.07) is 6.32. The number of halogens is 1. The van der Waals surface area contributed by atoms with Gasteiger partial charge in [-0.05, 0) is 31.0 Å². The van der Waals surface area contributed by atoms with Crippen molar-refractivity contribution >= 4 is 22.6 Å². The molecule has 0 N–H and O–H groups in total. The van der Waals surface area contributed by atoms with Crippen molar-refractivity contribution in [2.24, 2.45) is 0 Å². The molecule has 0 unspecified atom stereocenters. The van der Waals surface area contributed by atoms with Crippen molar-refractivity contribution in [3.8, 4) is 0 Å². The Bertz CT molecular complexity index is 702. The number of fused-ring (bicyclic) bond motifs is 1. The fourth-order valence-electron chi connectivity index (χ4n) is 2.38. The normalized spacial score (nSPS) is 11.3. The van der Waals surface area contributed by atoms with Gasteiger partial charge in [-0.3, -0.25) is 4.68 Å². The molecule has 6 heteroatoms. The minimum Gasteiger partial charge on any atom is -0.327 e. The molecule has 20 heavy (non-hydrogen) atoms. The third-order valence-electron chi connectivity index (χ3n) is 3.34. The number of aromatic nitrogens is 5. The summed E-state index contributed by atoms with van der Waals surface area (Å²) in [4.78, 5) is 4.60. The summed E-state index contributed by atoms with van der Waals surface area (Å²) in [6.45, 7) is 3.79. The zero-order valence-corrected chi connectivity index (χ0v) is 12.1. The van der Waals surface area contributed by atoms with E-state index in [0.717, 1.165) is 36.4 Å². The molecule has 2 heterocycles. The van der Waals surface area contributed by atoms with E-state index >= 15 is 0 Å². The van der Waals surface area contributed by atoms with E-state index in [9.17, 15) is 0 Å². The molecule has 0 atom stereocenters. The van der Waals surface area contributed by atoms with Crippen molar-refractivity contribution in [2.75, 3.05) is 0 Å². The van der Waals surface area contributed by atoms with Crippen molar-refractivity contribution in [1.29, 1.82) is 0 Å². The molecular formula is C14H16ClN5. The molecule has 0 aliphatic rings. The third kappa shape index (κ3) is 2.54. The van der Waals surface area contributed by atoms with Crippen LogP contribution in [0.3, 0.4) is 0 Å². The molecule has 0 saturated carbocycles. The number of nitrogens with zero attached hydrogens (tertiary/aromatic N) is 5. The maximum Gasteiger partial charge on any atom is 0.124 e. The van der Waals surface area contributed by atoms with Crippen LogP contribution >= 0.6 is 11.6 Å². The number of hydrogen-bond acceptors (Lipinski definition) is 3. The summed E-state index contributed by atoms with van der Waals surface area (Å²) in [5.74, 6) is 1.35. The minimum atomic E-state index is 0.428. The number of imidazole rings is 1. The van der Waals surface area contributed by atoms with Gasteiger partial charge in [0.25, 0.3) is 0 Å². The Kier molecular flexibility index (Phi) is 3.69. The van der Waals surface area contributed by atoms with Gasteiger partial charge in [0.15, 0.2) is 0 Å². The molecule has 3 aromatic rings. The van der Waals surface area contributed by atoms with Gasteiger partial charge in [0.1, 0.15) is 5.82 Å². The second kappa shape index (κ2) is 5.63. The first-order chi connectivity index (χ1) is 9.78. The zero-order valence-electron chi connectivity index (χ0n) is 11.3. The third-order valence-corrected chi connectivity index (χ3v) is 3.58. The van der Waals surface area contributed by atoms with Gasteiger partial charge in [0.05, 0.1) is 23.1 Å². The summed E-state index contributed by atoms with van der Waals surface area (Å²) in [5.41, 5.74) is 3.37. The number of hydrogen-bond donors (Lipinski definition) is 0. The van der Waals surface area contributed by atoms with E-state index in [1.54, 1.807) is 6.20 Å². The Hall–Kier alpha value is -1.88.